The molecule has 0 saturated carbocycles. The summed E-state index contributed by atoms with van der Waals surface area (Å²) in [6.07, 6.45) is -0.950. The molecule has 7 heteroatoms. The molecule has 1 N–H and O–H groups in total. The van der Waals surface area contributed by atoms with Gasteiger partial charge in [-0.3, -0.25) is 9.59 Å². The number of rotatable bonds is 6. The second-order valence-electron chi connectivity index (χ2n) is 5.64. The first-order valence-corrected chi connectivity index (χ1v) is 7.79. The monoisotopic (exact) mass is 339 g/mol. The molecule has 128 valence electrons. The van der Waals surface area contributed by atoms with Crippen molar-refractivity contribution in [1.29, 1.82) is 0 Å². The zero-order chi connectivity index (χ0) is 17.8. The summed E-state index contributed by atoms with van der Waals surface area (Å²) < 4.78 is 6.61. The van der Waals surface area contributed by atoms with E-state index in [0.29, 0.717) is 22.2 Å². The normalized spacial score (nSPS) is 12.1. The van der Waals surface area contributed by atoms with Crippen molar-refractivity contribution in [2.24, 2.45) is 0 Å². The van der Waals surface area contributed by atoms with E-state index < -0.39 is 6.10 Å². The summed E-state index contributed by atoms with van der Waals surface area (Å²) in [4.78, 5) is 23.7. The molecule has 3 aromatic rings. The summed E-state index contributed by atoms with van der Waals surface area (Å²) in [7, 11) is 0. The van der Waals surface area contributed by atoms with E-state index in [1.54, 1.807) is 48.5 Å². The zero-order valence-electron chi connectivity index (χ0n) is 13.6. The molecule has 0 aliphatic carbocycles. The summed E-state index contributed by atoms with van der Waals surface area (Å²) in [6, 6.07) is 13.6. The van der Waals surface area contributed by atoms with Crippen molar-refractivity contribution < 1.29 is 14.6 Å². The standard InChI is InChI=1S/C18H17N3O4/c1-12(22)13-5-4-6-15(9-13)25-11-14(23)10-21-18(24)16-7-2-3-8-17(16)19-20-21/h2-9,14,23H,10-11H2,1H3/t14-/m1/s1. The van der Waals surface area contributed by atoms with Gasteiger partial charge in [-0.15, -0.1) is 5.10 Å². The second-order valence-corrected chi connectivity index (χ2v) is 5.64. The lowest BCUT2D eigenvalue weighted by Crippen LogP contribution is -2.32. The third-order valence-electron chi connectivity index (χ3n) is 3.70. The molecule has 0 amide bonds. The van der Waals surface area contributed by atoms with Crippen LogP contribution >= 0.6 is 0 Å². The first-order chi connectivity index (χ1) is 12.0. The summed E-state index contributed by atoms with van der Waals surface area (Å²) in [6.45, 7) is 1.39. The van der Waals surface area contributed by atoms with Gasteiger partial charge in [0.05, 0.1) is 11.9 Å². The Bertz CT molecular complexity index is 968. The lowest BCUT2D eigenvalue weighted by molar-refractivity contribution is 0.0872. The summed E-state index contributed by atoms with van der Waals surface area (Å²) in [5.41, 5.74) is 0.724. The molecule has 0 aliphatic rings. The largest absolute Gasteiger partial charge is 0.491 e. The molecule has 0 saturated heterocycles. The van der Waals surface area contributed by atoms with Gasteiger partial charge in [0, 0.05) is 5.56 Å². The van der Waals surface area contributed by atoms with Gasteiger partial charge in [-0.05, 0) is 31.2 Å². The minimum Gasteiger partial charge on any atom is -0.491 e. The molecule has 0 bridgehead atoms. The fourth-order valence-corrected chi connectivity index (χ4v) is 2.39. The number of Topliss-reactive ketones (excluding diaryl/α,β-unsaturated/α-hetero) is 1. The van der Waals surface area contributed by atoms with Crippen molar-refractivity contribution >= 4 is 16.7 Å². The van der Waals surface area contributed by atoms with Crippen LogP contribution in [0.1, 0.15) is 17.3 Å². The van der Waals surface area contributed by atoms with Crippen molar-refractivity contribution in [1.82, 2.24) is 15.0 Å². The van der Waals surface area contributed by atoms with Gasteiger partial charge < -0.3 is 9.84 Å². The maximum Gasteiger partial charge on any atom is 0.277 e. The Kier molecular flexibility index (Phi) is 4.85. The SMILES string of the molecule is CC(=O)c1cccc(OC[C@H](O)Cn2nnc3ccccc3c2=O)c1. The predicted molar refractivity (Wildman–Crippen MR) is 91.7 cm³/mol. The van der Waals surface area contributed by atoms with E-state index in [9.17, 15) is 14.7 Å². The highest BCUT2D eigenvalue weighted by Gasteiger charge is 2.11. The Morgan fingerprint density at radius 1 is 1.24 bits per heavy atom. The number of carbonyl (C=O) groups is 1. The van der Waals surface area contributed by atoms with Gasteiger partial charge >= 0.3 is 0 Å². The van der Waals surface area contributed by atoms with Crippen molar-refractivity contribution in [2.75, 3.05) is 6.61 Å². The average molecular weight is 339 g/mol. The number of ketones is 1. The number of nitrogens with zero attached hydrogens (tertiary/aromatic N) is 3. The zero-order valence-corrected chi connectivity index (χ0v) is 13.6. The van der Waals surface area contributed by atoms with Gasteiger partial charge in [-0.25, -0.2) is 4.68 Å². The Hall–Kier alpha value is -3.06. The number of hydrogen-bond donors (Lipinski definition) is 1. The van der Waals surface area contributed by atoms with Crippen LogP contribution < -0.4 is 10.3 Å². The van der Waals surface area contributed by atoms with Gasteiger partial charge in [0.25, 0.3) is 5.56 Å². The molecule has 0 fully saturated rings. The van der Waals surface area contributed by atoms with E-state index in [1.165, 1.54) is 6.92 Å². The smallest absolute Gasteiger partial charge is 0.277 e. The van der Waals surface area contributed by atoms with Crippen molar-refractivity contribution in [3.63, 3.8) is 0 Å². The van der Waals surface area contributed by atoms with Crippen LogP contribution in [-0.4, -0.2) is 38.6 Å². The maximum absolute atomic E-state index is 12.3. The maximum atomic E-state index is 12.3. The van der Waals surface area contributed by atoms with E-state index in [1.807, 2.05) is 0 Å². The summed E-state index contributed by atoms with van der Waals surface area (Å²) in [5, 5.41) is 18.4. The lowest BCUT2D eigenvalue weighted by atomic mass is 10.1. The van der Waals surface area contributed by atoms with Crippen LogP contribution in [0.2, 0.25) is 0 Å². The number of aliphatic hydroxyl groups excluding tert-OH is 1. The quantitative estimate of drug-likeness (QED) is 0.683. The van der Waals surface area contributed by atoms with Gasteiger partial charge in [-0.2, -0.15) is 0 Å². The highest BCUT2D eigenvalue weighted by Crippen LogP contribution is 2.14. The molecular weight excluding hydrogens is 322 g/mol. The lowest BCUT2D eigenvalue weighted by Gasteiger charge is -2.13. The Balaban J connectivity index is 1.68. The van der Waals surface area contributed by atoms with Gasteiger partial charge in [0.15, 0.2) is 5.78 Å². The molecule has 1 atom stereocenters. The fraction of sp³-hybridized carbons (Fsp3) is 0.222. The van der Waals surface area contributed by atoms with Crippen LogP contribution in [0.25, 0.3) is 10.9 Å². The van der Waals surface area contributed by atoms with E-state index in [-0.39, 0.29) is 24.5 Å². The summed E-state index contributed by atoms with van der Waals surface area (Å²) >= 11 is 0. The van der Waals surface area contributed by atoms with Crippen LogP contribution in [0.4, 0.5) is 0 Å². The van der Waals surface area contributed by atoms with E-state index in [2.05, 4.69) is 10.3 Å². The summed E-state index contributed by atoms with van der Waals surface area (Å²) in [5.74, 6) is 0.410. The van der Waals surface area contributed by atoms with E-state index >= 15 is 0 Å². The Morgan fingerprint density at radius 3 is 2.84 bits per heavy atom. The van der Waals surface area contributed by atoms with Crippen molar-refractivity contribution in [2.45, 2.75) is 19.6 Å². The van der Waals surface area contributed by atoms with Gasteiger partial charge in [-0.1, -0.05) is 29.5 Å². The molecule has 1 aromatic heterocycles. The number of hydrogen-bond acceptors (Lipinski definition) is 6. The number of aliphatic hydroxyl groups is 1. The third-order valence-corrected chi connectivity index (χ3v) is 3.70. The number of fused-ring (bicyclic) bond motifs is 1. The first kappa shape index (κ1) is 16.8. The Labute approximate surface area is 143 Å². The molecule has 2 aromatic carbocycles. The van der Waals surface area contributed by atoms with Crippen molar-refractivity contribution in [3.8, 4) is 5.75 Å². The number of carbonyl (C=O) groups excluding carboxylic acids is 1. The van der Waals surface area contributed by atoms with Crippen LogP contribution in [0.5, 0.6) is 5.75 Å². The van der Waals surface area contributed by atoms with Crippen molar-refractivity contribution in [3.05, 3.63) is 64.4 Å². The molecule has 25 heavy (non-hydrogen) atoms. The topological polar surface area (TPSA) is 94.3 Å². The van der Waals surface area contributed by atoms with Crippen LogP contribution in [-0.2, 0) is 6.54 Å². The van der Waals surface area contributed by atoms with E-state index in [4.69, 9.17) is 4.74 Å². The molecule has 7 nitrogen and oxygen atoms in total. The highest BCUT2D eigenvalue weighted by molar-refractivity contribution is 5.94. The second kappa shape index (κ2) is 7.23. The van der Waals surface area contributed by atoms with Crippen LogP contribution in [0.3, 0.4) is 0 Å². The fourth-order valence-electron chi connectivity index (χ4n) is 2.39. The molecule has 3 rings (SSSR count). The van der Waals surface area contributed by atoms with Gasteiger partial charge in [0.2, 0.25) is 0 Å². The molecule has 0 unspecified atom stereocenters. The first-order valence-electron chi connectivity index (χ1n) is 7.79. The molecule has 0 radical (unpaired) electrons. The predicted octanol–water partition coefficient (Wildman–Crippen LogP) is 1.43. The molecule has 0 aliphatic heterocycles. The number of ether oxygens (including phenoxy) is 1. The highest BCUT2D eigenvalue weighted by atomic mass is 16.5. The minimum atomic E-state index is -0.950. The molecular formula is C18H17N3O4. The molecule has 0 spiro atoms. The van der Waals surface area contributed by atoms with E-state index in [0.717, 1.165) is 4.68 Å². The van der Waals surface area contributed by atoms with Crippen LogP contribution in [0.15, 0.2) is 53.3 Å². The molecule has 1 heterocycles. The Morgan fingerprint density at radius 2 is 2.04 bits per heavy atom. The van der Waals surface area contributed by atoms with Gasteiger partial charge in [0.1, 0.15) is 24.0 Å². The average Bonchev–Trinajstić information content (AvgIpc) is 2.63. The minimum absolute atomic E-state index is 0.0386. The number of aromatic nitrogens is 3. The number of benzene rings is 2. The van der Waals surface area contributed by atoms with Crippen LogP contribution in [0, 0.1) is 0 Å². The third kappa shape index (κ3) is 3.89.